The van der Waals surface area contributed by atoms with Crippen LogP contribution in [0.4, 0.5) is 5.82 Å². The SMILES string of the molecule is CNC(=O)c1nc(-c2cccc(C(=O)NCc3ccc(OC)cc3)c2)cnc1N. The van der Waals surface area contributed by atoms with Crippen molar-refractivity contribution in [3.05, 3.63) is 71.5 Å². The molecule has 0 atom stereocenters. The molecule has 1 heterocycles. The van der Waals surface area contributed by atoms with E-state index in [4.69, 9.17) is 10.5 Å². The smallest absolute Gasteiger partial charge is 0.273 e. The maximum Gasteiger partial charge on any atom is 0.273 e. The minimum absolute atomic E-state index is 0.0411. The number of carbonyl (C=O) groups excluding carboxylic acids is 2. The van der Waals surface area contributed by atoms with Crippen LogP contribution in [0, 0.1) is 0 Å². The molecule has 1 aromatic heterocycles. The number of anilines is 1. The van der Waals surface area contributed by atoms with Crippen molar-refractivity contribution in [2.45, 2.75) is 6.54 Å². The Hall–Kier alpha value is -3.94. The summed E-state index contributed by atoms with van der Waals surface area (Å²) >= 11 is 0. The molecular weight excluding hydrogens is 370 g/mol. The number of rotatable bonds is 6. The van der Waals surface area contributed by atoms with E-state index >= 15 is 0 Å². The molecule has 0 spiro atoms. The van der Waals surface area contributed by atoms with E-state index < -0.39 is 5.91 Å². The van der Waals surface area contributed by atoms with Crippen molar-refractivity contribution in [3.63, 3.8) is 0 Å². The van der Waals surface area contributed by atoms with E-state index in [9.17, 15) is 9.59 Å². The summed E-state index contributed by atoms with van der Waals surface area (Å²) in [4.78, 5) is 32.7. The number of amides is 2. The van der Waals surface area contributed by atoms with Crippen molar-refractivity contribution < 1.29 is 14.3 Å². The molecule has 0 radical (unpaired) electrons. The van der Waals surface area contributed by atoms with Crippen LogP contribution in [0.5, 0.6) is 5.75 Å². The molecule has 0 aliphatic rings. The lowest BCUT2D eigenvalue weighted by atomic mass is 10.1. The van der Waals surface area contributed by atoms with E-state index in [2.05, 4.69) is 20.6 Å². The molecule has 4 N–H and O–H groups in total. The topological polar surface area (TPSA) is 119 Å². The van der Waals surface area contributed by atoms with E-state index in [0.29, 0.717) is 23.4 Å². The highest BCUT2D eigenvalue weighted by molar-refractivity contribution is 5.97. The average molecular weight is 391 g/mol. The Morgan fingerprint density at radius 1 is 1.10 bits per heavy atom. The Kier molecular flexibility index (Phi) is 6.03. The molecule has 3 rings (SSSR count). The largest absolute Gasteiger partial charge is 0.497 e. The summed E-state index contributed by atoms with van der Waals surface area (Å²) in [6, 6.07) is 14.4. The summed E-state index contributed by atoms with van der Waals surface area (Å²) in [7, 11) is 3.09. The highest BCUT2D eigenvalue weighted by Gasteiger charge is 2.14. The third kappa shape index (κ3) is 4.67. The van der Waals surface area contributed by atoms with E-state index in [1.807, 2.05) is 24.3 Å². The van der Waals surface area contributed by atoms with Crippen molar-refractivity contribution in [2.75, 3.05) is 19.9 Å². The number of methoxy groups -OCH3 is 1. The van der Waals surface area contributed by atoms with Gasteiger partial charge in [0, 0.05) is 24.7 Å². The second kappa shape index (κ2) is 8.83. The first kappa shape index (κ1) is 19.8. The molecule has 8 nitrogen and oxygen atoms in total. The molecular formula is C21H21N5O3. The zero-order valence-electron chi connectivity index (χ0n) is 16.1. The number of nitrogen functional groups attached to an aromatic ring is 1. The van der Waals surface area contributed by atoms with Crippen LogP contribution in [0.25, 0.3) is 11.3 Å². The fraction of sp³-hybridized carbons (Fsp3) is 0.143. The summed E-state index contributed by atoms with van der Waals surface area (Å²) in [6.45, 7) is 0.384. The first-order valence-electron chi connectivity index (χ1n) is 8.88. The highest BCUT2D eigenvalue weighted by Crippen LogP contribution is 2.20. The van der Waals surface area contributed by atoms with E-state index in [1.54, 1.807) is 31.4 Å². The number of nitrogens with zero attached hydrogens (tertiary/aromatic N) is 2. The predicted octanol–water partition coefficient (Wildman–Crippen LogP) is 2.02. The van der Waals surface area contributed by atoms with Gasteiger partial charge in [-0.2, -0.15) is 0 Å². The van der Waals surface area contributed by atoms with Gasteiger partial charge in [0.25, 0.3) is 11.8 Å². The van der Waals surface area contributed by atoms with E-state index in [0.717, 1.165) is 11.3 Å². The van der Waals surface area contributed by atoms with Crippen molar-refractivity contribution in [2.24, 2.45) is 0 Å². The predicted molar refractivity (Wildman–Crippen MR) is 109 cm³/mol. The number of hydrogen-bond donors (Lipinski definition) is 3. The third-order valence-electron chi connectivity index (χ3n) is 4.28. The standard InChI is InChI=1S/C21H21N5O3/c1-23-21(28)18-19(22)24-12-17(26-18)14-4-3-5-15(10-14)20(27)25-11-13-6-8-16(29-2)9-7-13/h3-10,12H,11H2,1-2H3,(H2,22,24)(H,23,28)(H,25,27). The molecule has 0 bridgehead atoms. The van der Waals surface area contributed by atoms with Crippen molar-refractivity contribution >= 4 is 17.6 Å². The number of carbonyl (C=O) groups is 2. The van der Waals surface area contributed by atoms with Crippen LogP contribution in [0.3, 0.4) is 0 Å². The van der Waals surface area contributed by atoms with Crippen molar-refractivity contribution in [1.82, 2.24) is 20.6 Å². The van der Waals surface area contributed by atoms with Crippen LogP contribution < -0.4 is 21.1 Å². The number of nitrogens with one attached hydrogen (secondary N) is 2. The summed E-state index contributed by atoms with van der Waals surface area (Å²) in [5.74, 6) is 0.151. The lowest BCUT2D eigenvalue weighted by Gasteiger charge is -2.09. The summed E-state index contributed by atoms with van der Waals surface area (Å²) in [6.07, 6.45) is 1.47. The number of hydrogen-bond acceptors (Lipinski definition) is 6. The Labute approximate surface area is 168 Å². The Morgan fingerprint density at radius 2 is 1.86 bits per heavy atom. The van der Waals surface area contributed by atoms with Gasteiger partial charge in [0.2, 0.25) is 0 Å². The minimum Gasteiger partial charge on any atom is -0.497 e. The van der Waals surface area contributed by atoms with Gasteiger partial charge in [-0.15, -0.1) is 0 Å². The van der Waals surface area contributed by atoms with Crippen molar-refractivity contribution in [1.29, 1.82) is 0 Å². The molecule has 3 aromatic rings. The fourth-order valence-corrected chi connectivity index (χ4v) is 2.67. The van der Waals surface area contributed by atoms with Gasteiger partial charge in [0.15, 0.2) is 11.5 Å². The zero-order chi connectivity index (χ0) is 20.8. The zero-order valence-corrected chi connectivity index (χ0v) is 16.1. The maximum atomic E-state index is 12.5. The molecule has 0 aliphatic carbocycles. The molecule has 29 heavy (non-hydrogen) atoms. The van der Waals surface area contributed by atoms with Gasteiger partial charge in [0.05, 0.1) is 19.0 Å². The lowest BCUT2D eigenvalue weighted by Crippen LogP contribution is -2.23. The summed E-state index contributed by atoms with van der Waals surface area (Å²) in [5, 5.41) is 5.36. The second-order valence-corrected chi connectivity index (χ2v) is 6.18. The lowest BCUT2D eigenvalue weighted by molar-refractivity contribution is 0.0945. The normalized spacial score (nSPS) is 10.3. The van der Waals surface area contributed by atoms with Gasteiger partial charge < -0.3 is 21.1 Å². The van der Waals surface area contributed by atoms with Gasteiger partial charge in [-0.25, -0.2) is 9.97 Å². The first-order valence-corrected chi connectivity index (χ1v) is 8.88. The Morgan fingerprint density at radius 3 is 2.55 bits per heavy atom. The van der Waals surface area contributed by atoms with Crippen LogP contribution in [0.2, 0.25) is 0 Å². The fourth-order valence-electron chi connectivity index (χ4n) is 2.67. The molecule has 148 valence electrons. The Balaban J connectivity index is 1.76. The number of nitrogens with two attached hydrogens (primary N) is 1. The van der Waals surface area contributed by atoms with Crippen LogP contribution in [0.1, 0.15) is 26.4 Å². The third-order valence-corrected chi connectivity index (χ3v) is 4.28. The van der Waals surface area contributed by atoms with E-state index in [1.165, 1.54) is 13.2 Å². The van der Waals surface area contributed by atoms with Gasteiger partial charge in [0.1, 0.15) is 5.75 Å². The van der Waals surface area contributed by atoms with Gasteiger partial charge in [-0.05, 0) is 29.8 Å². The Bertz CT molecular complexity index is 1030. The van der Waals surface area contributed by atoms with Crippen LogP contribution in [-0.4, -0.2) is 35.9 Å². The molecule has 8 heteroatoms. The quantitative estimate of drug-likeness (QED) is 0.591. The van der Waals surface area contributed by atoms with Gasteiger partial charge in [-0.3, -0.25) is 9.59 Å². The van der Waals surface area contributed by atoms with Gasteiger partial charge in [-0.1, -0.05) is 24.3 Å². The molecule has 2 aromatic carbocycles. The number of aromatic nitrogens is 2. The second-order valence-electron chi connectivity index (χ2n) is 6.18. The molecule has 0 saturated carbocycles. The van der Waals surface area contributed by atoms with Gasteiger partial charge >= 0.3 is 0 Å². The molecule has 0 unspecified atom stereocenters. The molecule has 0 fully saturated rings. The van der Waals surface area contributed by atoms with Crippen LogP contribution in [0.15, 0.2) is 54.7 Å². The summed E-state index contributed by atoms with van der Waals surface area (Å²) in [5.41, 5.74) is 8.29. The maximum absolute atomic E-state index is 12.5. The average Bonchev–Trinajstić information content (AvgIpc) is 2.77. The molecule has 0 aliphatic heterocycles. The minimum atomic E-state index is -0.426. The highest BCUT2D eigenvalue weighted by atomic mass is 16.5. The summed E-state index contributed by atoms with van der Waals surface area (Å²) < 4.78 is 5.13. The van der Waals surface area contributed by atoms with Crippen LogP contribution in [-0.2, 0) is 6.54 Å². The number of ether oxygens (including phenoxy) is 1. The monoisotopic (exact) mass is 391 g/mol. The molecule has 0 saturated heterocycles. The van der Waals surface area contributed by atoms with Crippen LogP contribution >= 0.6 is 0 Å². The molecule has 2 amide bonds. The van der Waals surface area contributed by atoms with E-state index in [-0.39, 0.29) is 17.4 Å². The van der Waals surface area contributed by atoms with Crippen molar-refractivity contribution in [3.8, 4) is 17.0 Å². The first-order chi connectivity index (χ1) is 14.0. The number of benzene rings is 2.